The van der Waals surface area contributed by atoms with E-state index in [1.807, 2.05) is 30.3 Å². The Morgan fingerprint density at radius 2 is 1.85 bits per heavy atom. The first-order chi connectivity index (χ1) is 16.0. The summed E-state index contributed by atoms with van der Waals surface area (Å²) in [6, 6.07) is 17.1. The fourth-order valence-corrected chi connectivity index (χ4v) is 7.01. The van der Waals surface area contributed by atoms with Gasteiger partial charge in [0.2, 0.25) is 10.0 Å². The number of phenols is 1. The number of hydrogen-bond acceptors (Lipinski definition) is 5. The van der Waals surface area contributed by atoms with Crippen molar-refractivity contribution < 1.29 is 18.3 Å². The van der Waals surface area contributed by atoms with Gasteiger partial charge in [-0.05, 0) is 52.9 Å². The first kappa shape index (κ1) is 20.7. The number of rotatable bonds is 3. The Morgan fingerprint density at radius 3 is 2.70 bits per heavy atom. The summed E-state index contributed by atoms with van der Waals surface area (Å²) in [5.41, 5.74) is 2.82. The Bertz CT molecular complexity index is 1360. The van der Waals surface area contributed by atoms with Gasteiger partial charge in [0.05, 0.1) is 24.2 Å². The second kappa shape index (κ2) is 7.87. The molecule has 170 valence electrons. The van der Waals surface area contributed by atoms with E-state index in [1.165, 1.54) is 4.31 Å². The maximum atomic E-state index is 13.2. The van der Waals surface area contributed by atoms with E-state index in [1.54, 1.807) is 12.1 Å². The summed E-state index contributed by atoms with van der Waals surface area (Å²) in [6.45, 7) is 1.61. The first-order valence-corrected chi connectivity index (χ1v) is 12.8. The predicted octanol–water partition coefficient (Wildman–Crippen LogP) is 4.39. The first-order valence-electron chi connectivity index (χ1n) is 11.4. The maximum absolute atomic E-state index is 13.2. The van der Waals surface area contributed by atoms with Gasteiger partial charge in [-0.2, -0.15) is 4.31 Å². The van der Waals surface area contributed by atoms with Crippen molar-refractivity contribution in [2.24, 2.45) is 5.92 Å². The number of nitrogens with zero attached hydrogens (tertiary/aromatic N) is 1. The van der Waals surface area contributed by atoms with Crippen molar-refractivity contribution in [3.8, 4) is 5.75 Å². The molecule has 6 nitrogen and oxygen atoms in total. The zero-order valence-corrected chi connectivity index (χ0v) is 19.0. The number of phenolic OH excluding ortho intramolecular Hbond substituents is 1. The molecule has 1 saturated heterocycles. The number of sulfonamides is 1. The van der Waals surface area contributed by atoms with Gasteiger partial charge >= 0.3 is 0 Å². The van der Waals surface area contributed by atoms with E-state index in [0.29, 0.717) is 31.2 Å². The smallest absolute Gasteiger partial charge is 0.243 e. The van der Waals surface area contributed by atoms with Gasteiger partial charge in [0.1, 0.15) is 5.75 Å². The summed E-state index contributed by atoms with van der Waals surface area (Å²) in [7, 11) is -3.56. The van der Waals surface area contributed by atoms with Crippen molar-refractivity contribution in [3.05, 3.63) is 77.9 Å². The molecular formula is C26H26N2O4S. The zero-order chi connectivity index (χ0) is 22.6. The highest BCUT2D eigenvalue weighted by atomic mass is 32.2. The minimum atomic E-state index is -3.56. The van der Waals surface area contributed by atoms with Crippen molar-refractivity contribution in [1.29, 1.82) is 0 Å². The van der Waals surface area contributed by atoms with Crippen LogP contribution in [-0.2, 0) is 14.8 Å². The number of aromatic hydroxyl groups is 1. The molecule has 1 fully saturated rings. The summed E-state index contributed by atoms with van der Waals surface area (Å²) in [5.74, 6) is 0.562. The van der Waals surface area contributed by atoms with Crippen LogP contribution in [0.2, 0.25) is 0 Å². The Kier molecular flexibility index (Phi) is 4.94. The second-order valence-corrected chi connectivity index (χ2v) is 10.9. The van der Waals surface area contributed by atoms with E-state index in [2.05, 4.69) is 29.6 Å². The number of ether oxygens (including phenoxy) is 1. The van der Waals surface area contributed by atoms with E-state index in [4.69, 9.17) is 4.74 Å². The van der Waals surface area contributed by atoms with E-state index in [-0.39, 0.29) is 23.6 Å². The molecule has 2 heterocycles. The van der Waals surface area contributed by atoms with Gasteiger partial charge in [-0.1, -0.05) is 42.5 Å². The number of benzene rings is 3. The van der Waals surface area contributed by atoms with Crippen LogP contribution in [0.3, 0.4) is 0 Å². The second-order valence-electron chi connectivity index (χ2n) is 8.96. The number of morpholine rings is 1. The number of nitrogens with one attached hydrogen (secondary N) is 1. The molecule has 1 aliphatic carbocycles. The van der Waals surface area contributed by atoms with Crippen LogP contribution in [0.5, 0.6) is 5.75 Å². The number of anilines is 1. The molecule has 0 bridgehead atoms. The average molecular weight is 463 g/mol. The van der Waals surface area contributed by atoms with E-state index in [9.17, 15) is 13.5 Å². The molecule has 6 rings (SSSR count). The van der Waals surface area contributed by atoms with Crippen LogP contribution < -0.4 is 5.32 Å². The predicted molar refractivity (Wildman–Crippen MR) is 128 cm³/mol. The highest BCUT2D eigenvalue weighted by Crippen LogP contribution is 2.52. The normalized spacial score (nSPS) is 24.9. The minimum absolute atomic E-state index is 0.0784. The Balaban J connectivity index is 1.43. The topological polar surface area (TPSA) is 78.9 Å². The van der Waals surface area contributed by atoms with Crippen LogP contribution >= 0.6 is 0 Å². The molecule has 33 heavy (non-hydrogen) atoms. The number of allylic oxidation sites excluding steroid dienone is 2. The molecule has 3 unspecified atom stereocenters. The summed E-state index contributed by atoms with van der Waals surface area (Å²) in [5, 5.41) is 16.6. The SMILES string of the molecule is O=S(=O)(c1ccc2c(c1)C1C=CCC1C(c1c(O)ccc3ccccc13)N2)N1CCOCC1. The highest BCUT2D eigenvalue weighted by molar-refractivity contribution is 7.89. The summed E-state index contributed by atoms with van der Waals surface area (Å²) in [6.07, 6.45) is 5.22. The van der Waals surface area contributed by atoms with Crippen LogP contribution in [0.25, 0.3) is 10.8 Å². The van der Waals surface area contributed by atoms with Gasteiger partial charge < -0.3 is 15.2 Å². The fourth-order valence-electron chi connectivity index (χ4n) is 5.57. The average Bonchev–Trinajstić information content (AvgIpc) is 3.34. The largest absolute Gasteiger partial charge is 0.508 e. The van der Waals surface area contributed by atoms with Crippen molar-refractivity contribution in [3.63, 3.8) is 0 Å². The monoisotopic (exact) mass is 462 g/mol. The molecule has 3 aromatic rings. The molecule has 0 aromatic heterocycles. The van der Waals surface area contributed by atoms with Crippen molar-refractivity contribution in [2.45, 2.75) is 23.3 Å². The summed E-state index contributed by atoms with van der Waals surface area (Å²) in [4.78, 5) is 0.329. The third-order valence-electron chi connectivity index (χ3n) is 7.20. The molecule has 0 saturated carbocycles. The van der Waals surface area contributed by atoms with Crippen molar-refractivity contribution in [2.75, 3.05) is 31.6 Å². The molecular weight excluding hydrogens is 436 g/mol. The van der Waals surface area contributed by atoms with E-state index < -0.39 is 10.0 Å². The van der Waals surface area contributed by atoms with Gasteiger partial charge in [-0.3, -0.25) is 0 Å². The number of fused-ring (bicyclic) bond motifs is 4. The molecule has 0 spiro atoms. The lowest BCUT2D eigenvalue weighted by atomic mass is 9.76. The van der Waals surface area contributed by atoms with Crippen LogP contribution in [0.1, 0.15) is 29.5 Å². The third-order valence-corrected chi connectivity index (χ3v) is 9.10. The molecule has 3 atom stereocenters. The highest BCUT2D eigenvalue weighted by Gasteiger charge is 2.40. The Morgan fingerprint density at radius 1 is 1.03 bits per heavy atom. The summed E-state index contributed by atoms with van der Waals surface area (Å²) >= 11 is 0. The third kappa shape index (κ3) is 3.34. The van der Waals surface area contributed by atoms with E-state index in [0.717, 1.165) is 34.0 Å². The van der Waals surface area contributed by atoms with Crippen molar-refractivity contribution in [1.82, 2.24) is 4.31 Å². The molecule has 0 amide bonds. The van der Waals surface area contributed by atoms with Crippen LogP contribution in [0, 0.1) is 5.92 Å². The summed E-state index contributed by atoms with van der Waals surface area (Å²) < 4.78 is 33.3. The quantitative estimate of drug-likeness (QED) is 0.565. The maximum Gasteiger partial charge on any atom is 0.243 e. The van der Waals surface area contributed by atoms with Gasteiger partial charge in [0, 0.05) is 30.3 Å². The van der Waals surface area contributed by atoms with Crippen molar-refractivity contribution >= 4 is 26.5 Å². The lowest BCUT2D eigenvalue weighted by molar-refractivity contribution is 0.0730. The molecule has 3 aromatic carbocycles. The van der Waals surface area contributed by atoms with Gasteiger partial charge in [-0.25, -0.2) is 8.42 Å². The van der Waals surface area contributed by atoms with Gasteiger partial charge in [0.25, 0.3) is 0 Å². The Labute approximate surface area is 193 Å². The molecule has 0 radical (unpaired) electrons. The Hall–Kier alpha value is -2.87. The molecule has 3 aliphatic rings. The fraction of sp³-hybridized carbons (Fsp3) is 0.308. The minimum Gasteiger partial charge on any atom is -0.508 e. The molecule has 7 heteroatoms. The van der Waals surface area contributed by atoms with E-state index >= 15 is 0 Å². The molecule has 2 N–H and O–H groups in total. The number of hydrogen-bond donors (Lipinski definition) is 2. The standard InChI is InChI=1S/C26H26N2O4S/c29-24-11-8-17-4-1-2-5-19(17)25(24)26-21-7-3-6-20(21)22-16-18(9-10-23(22)27-26)33(30,31)28-12-14-32-15-13-28/h1-6,8-11,16,20-21,26-27,29H,7,12-15H2. The molecule has 2 aliphatic heterocycles. The lowest BCUT2D eigenvalue weighted by Gasteiger charge is -2.38. The van der Waals surface area contributed by atoms with Gasteiger partial charge in [0.15, 0.2) is 0 Å². The van der Waals surface area contributed by atoms with Crippen LogP contribution in [0.15, 0.2) is 71.6 Å². The van der Waals surface area contributed by atoms with Crippen LogP contribution in [0.4, 0.5) is 5.69 Å². The van der Waals surface area contributed by atoms with Gasteiger partial charge in [-0.15, -0.1) is 0 Å². The zero-order valence-electron chi connectivity index (χ0n) is 18.1. The van der Waals surface area contributed by atoms with Crippen LogP contribution in [-0.4, -0.2) is 44.1 Å². The lowest BCUT2D eigenvalue weighted by Crippen LogP contribution is -2.40.